The minimum atomic E-state index is 0.294. The molecule has 0 aromatic carbocycles. The molecular formula is C9H14ClN3O. The molecule has 1 N–H and O–H groups in total. The number of hydrogen-bond acceptors (Lipinski definition) is 3. The molecule has 5 heteroatoms. The summed E-state index contributed by atoms with van der Waals surface area (Å²) in [5.74, 6) is 0.457. The van der Waals surface area contributed by atoms with Crippen LogP contribution in [0.4, 0.5) is 0 Å². The Balaban J connectivity index is 1.90. The van der Waals surface area contributed by atoms with Gasteiger partial charge in [0, 0.05) is 39.2 Å². The Morgan fingerprint density at radius 2 is 2.36 bits per heavy atom. The van der Waals surface area contributed by atoms with Gasteiger partial charge in [0.2, 0.25) is 5.28 Å². The summed E-state index contributed by atoms with van der Waals surface area (Å²) >= 11 is 5.82. The maximum absolute atomic E-state index is 8.86. The maximum atomic E-state index is 8.86. The van der Waals surface area contributed by atoms with Crippen LogP contribution in [0.3, 0.4) is 0 Å². The Morgan fingerprint density at radius 1 is 1.64 bits per heavy atom. The van der Waals surface area contributed by atoms with Crippen LogP contribution in [0.25, 0.3) is 0 Å². The minimum absolute atomic E-state index is 0.294. The summed E-state index contributed by atoms with van der Waals surface area (Å²) in [6, 6.07) is 0. The third kappa shape index (κ3) is 1.78. The second-order valence-corrected chi connectivity index (χ2v) is 4.16. The summed E-state index contributed by atoms with van der Waals surface area (Å²) in [6.07, 6.45) is 1.80. The van der Waals surface area contributed by atoms with Crippen LogP contribution in [0.1, 0.15) is 5.69 Å². The van der Waals surface area contributed by atoms with E-state index in [-0.39, 0.29) is 0 Å². The summed E-state index contributed by atoms with van der Waals surface area (Å²) in [5.41, 5.74) is 1.12. The van der Waals surface area contributed by atoms with Crippen molar-refractivity contribution in [2.75, 3.05) is 19.7 Å². The summed E-state index contributed by atoms with van der Waals surface area (Å²) in [5, 5.41) is 9.39. The van der Waals surface area contributed by atoms with Crippen LogP contribution in [0, 0.1) is 5.92 Å². The van der Waals surface area contributed by atoms with Gasteiger partial charge in [0.05, 0.1) is 11.9 Å². The average molecular weight is 216 g/mol. The van der Waals surface area contributed by atoms with Crippen molar-refractivity contribution in [2.24, 2.45) is 13.0 Å². The van der Waals surface area contributed by atoms with Crippen molar-refractivity contribution in [3.8, 4) is 0 Å². The van der Waals surface area contributed by atoms with E-state index in [0.29, 0.717) is 17.8 Å². The first-order valence-corrected chi connectivity index (χ1v) is 5.08. The highest BCUT2D eigenvalue weighted by Gasteiger charge is 2.26. The van der Waals surface area contributed by atoms with Crippen LogP contribution in [0.2, 0.25) is 5.28 Å². The van der Waals surface area contributed by atoms with Crippen LogP contribution in [0.5, 0.6) is 0 Å². The Hall–Kier alpha value is -0.580. The number of hydrogen-bond donors (Lipinski definition) is 1. The standard InChI is InChI=1S/C9H14ClN3O/c1-12-8(2-11-9(12)10)5-13-3-7(4-13)6-14/h2,7,14H,3-6H2,1H3. The van der Waals surface area contributed by atoms with Gasteiger partial charge in [-0.25, -0.2) is 4.98 Å². The van der Waals surface area contributed by atoms with Crippen LogP contribution < -0.4 is 0 Å². The average Bonchev–Trinajstić information content (AvgIpc) is 2.41. The van der Waals surface area contributed by atoms with Gasteiger partial charge in [-0.2, -0.15) is 0 Å². The summed E-state index contributed by atoms with van der Waals surface area (Å²) in [4.78, 5) is 6.29. The van der Waals surface area contributed by atoms with Crippen LogP contribution in [-0.2, 0) is 13.6 Å². The molecule has 0 amide bonds. The Bertz CT molecular complexity index is 320. The molecule has 1 aliphatic rings. The van der Waals surface area contributed by atoms with Crippen molar-refractivity contribution in [3.05, 3.63) is 17.2 Å². The first-order chi connectivity index (χ1) is 6.70. The van der Waals surface area contributed by atoms with E-state index in [1.165, 1.54) is 0 Å². The van der Waals surface area contributed by atoms with Gasteiger partial charge in [0.1, 0.15) is 0 Å². The number of nitrogens with zero attached hydrogens (tertiary/aromatic N) is 3. The van der Waals surface area contributed by atoms with Crippen molar-refractivity contribution < 1.29 is 5.11 Å². The molecule has 0 saturated carbocycles. The van der Waals surface area contributed by atoms with E-state index in [1.54, 1.807) is 6.20 Å². The zero-order chi connectivity index (χ0) is 10.1. The molecule has 0 spiro atoms. The van der Waals surface area contributed by atoms with Gasteiger partial charge in [-0.15, -0.1) is 0 Å². The fourth-order valence-electron chi connectivity index (χ4n) is 1.72. The van der Waals surface area contributed by atoms with Crippen molar-refractivity contribution in [1.82, 2.24) is 14.5 Å². The summed E-state index contributed by atoms with van der Waals surface area (Å²) in [7, 11) is 1.91. The van der Waals surface area contributed by atoms with E-state index in [9.17, 15) is 0 Å². The molecule has 0 unspecified atom stereocenters. The number of imidazole rings is 1. The molecule has 1 fully saturated rings. The molecule has 1 aliphatic heterocycles. The zero-order valence-corrected chi connectivity index (χ0v) is 8.91. The fourth-order valence-corrected chi connectivity index (χ4v) is 1.87. The number of aliphatic hydroxyl groups is 1. The predicted molar refractivity (Wildman–Crippen MR) is 54.1 cm³/mol. The van der Waals surface area contributed by atoms with Crippen LogP contribution in [-0.4, -0.2) is 39.3 Å². The van der Waals surface area contributed by atoms with Crippen molar-refractivity contribution >= 4 is 11.6 Å². The Labute approximate surface area is 88.1 Å². The molecule has 2 rings (SSSR count). The number of rotatable bonds is 3. The number of halogens is 1. The largest absolute Gasteiger partial charge is 0.396 e. The normalized spacial score (nSPS) is 18.5. The predicted octanol–water partition coefficient (Wildman–Crippen LogP) is 0.498. The van der Waals surface area contributed by atoms with Crippen molar-refractivity contribution in [3.63, 3.8) is 0 Å². The Kier molecular flexibility index (Phi) is 2.76. The SMILES string of the molecule is Cn1c(CN2CC(CO)C2)cnc1Cl. The van der Waals surface area contributed by atoms with Gasteiger partial charge in [-0.05, 0) is 11.6 Å². The van der Waals surface area contributed by atoms with E-state index in [4.69, 9.17) is 16.7 Å². The number of aromatic nitrogens is 2. The molecule has 14 heavy (non-hydrogen) atoms. The molecule has 1 aromatic heterocycles. The van der Waals surface area contributed by atoms with E-state index in [1.807, 2.05) is 11.6 Å². The van der Waals surface area contributed by atoms with Gasteiger partial charge in [0.15, 0.2) is 0 Å². The maximum Gasteiger partial charge on any atom is 0.202 e. The molecule has 0 bridgehead atoms. The molecule has 2 heterocycles. The minimum Gasteiger partial charge on any atom is -0.396 e. The van der Waals surface area contributed by atoms with E-state index < -0.39 is 0 Å². The van der Waals surface area contributed by atoms with Gasteiger partial charge in [0.25, 0.3) is 0 Å². The third-order valence-electron chi connectivity index (χ3n) is 2.70. The van der Waals surface area contributed by atoms with E-state index in [2.05, 4.69) is 9.88 Å². The number of aliphatic hydroxyl groups excluding tert-OH is 1. The first kappa shape index (κ1) is 9.96. The highest BCUT2D eigenvalue weighted by molar-refractivity contribution is 6.28. The second-order valence-electron chi connectivity index (χ2n) is 3.82. The summed E-state index contributed by atoms with van der Waals surface area (Å²) in [6.45, 7) is 3.11. The lowest BCUT2D eigenvalue weighted by Gasteiger charge is -2.38. The van der Waals surface area contributed by atoms with Crippen LogP contribution >= 0.6 is 11.6 Å². The molecular weight excluding hydrogens is 202 g/mol. The lowest BCUT2D eigenvalue weighted by Crippen LogP contribution is -2.47. The highest BCUT2D eigenvalue weighted by atomic mass is 35.5. The lowest BCUT2D eigenvalue weighted by molar-refractivity contribution is 0.0464. The second kappa shape index (κ2) is 3.88. The number of likely N-dealkylation sites (tertiary alicyclic amines) is 1. The molecule has 0 atom stereocenters. The van der Waals surface area contributed by atoms with E-state index in [0.717, 1.165) is 25.3 Å². The smallest absolute Gasteiger partial charge is 0.202 e. The molecule has 1 aromatic rings. The van der Waals surface area contributed by atoms with Crippen molar-refractivity contribution in [1.29, 1.82) is 0 Å². The quantitative estimate of drug-likeness (QED) is 0.799. The topological polar surface area (TPSA) is 41.3 Å². The van der Waals surface area contributed by atoms with Gasteiger partial charge >= 0.3 is 0 Å². The third-order valence-corrected chi connectivity index (χ3v) is 3.06. The lowest BCUT2D eigenvalue weighted by atomic mass is 10.0. The van der Waals surface area contributed by atoms with Gasteiger partial charge in [-0.3, -0.25) is 4.90 Å². The summed E-state index contributed by atoms with van der Waals surface area (Å²) < 4.78 is 1.88. The molecule has 4 nitrogen and oxygen atoms in total. The molecule has 0 aliphatic carbocycles. The molecule has 0 radical (unpaired) electrons. The molecule has 78 valence electrons. The Morgan fingerprint density at radius 3 is 2.86 bits per heavy atom. The van der Waals surface area contributed by atoms with E-state index >= 15 is 0 Å². The molecule has 1 saturated heterocycles. The van der Waals surface area contributed by atoms with Crippen molar-refractivity contribution in [2.45, 2.75) is 6.54 Å². The zero-order valence-electron chi connectivity index (χ0n) is 8.15. The van der Waals surface area contributed by atoms with Crippen LogP contribution in [0.15, 0.2) is 6.20 Å². The highest BCUT2D eigenvalue weighted by Crippen LogP contribution is 2.18. The fraction of sp³-hybridized carbons (Fsp3) is 0.667. The van der Waals surface area contributed by atoms with Gasteiger partial charge in [-0.1, -0.05) is 0 Å². The first-order valence-electron chi connectivity index (χ1n) is 4.70. The monoisotopic (exact) mass is 215 g/mol. The van der Waals surface area contributed by atoms with Gasteiger partial charge < -0.3 is 9.67 Å².